The van der Waals surface area contributed by atoms with E-state index in [9.17, 15) is 0 Å². The second-order valence-electron chi connectivity index (χ2n) is 14.3. The molecule has 0 aliphatic heterocycles. The van der Waals surface area contributed by atoms with Gasteiger partial charge in [0.25, 0.3) is 0 Å². The lowest BCUT2D eigenvalue weighted by atomic mass is 10.0. The fourth-order valence-corrected chi connectivity index (χ4v) is 7.76. The molecule has 10 rings (SSSR count). The molecular formula is C54H36Br2N6. The summed E-state index contributed by atoms with van der Waals surface area (Å²) in [4.78, 5) is 27.9. The Morgan fingerprint density at radius 2 is 0.581 bits per heavy atom. The van der Waals surface area contributed by atoms with E-state index in [-0.39, 0.29) is 0 Å². The predicted octanol–water partition coefficient (Wildman–Crippen LogP) is 14.6. The summed E-state index contributed by atoms with van der Waals surface area (Å²) in [6, 6.07) is 65.9. The molecule has 0 N–H and O–H groups in total. The maximum atomic E-state index is 4.86. The summed E-state index contributed by atoms with van der Waals surface area (Å²) in [6.07, 6.45) is 7.10. The molecule has 0 saturated heterocycles. The third-order valence-corrected chi connectivity index (χ3v) is 11.1. The van der Waals surface area contributed by atoms with E-state index in [2.05, 4.69) is 163 Å². The van der Waals surface area contributed by atoms with E-state index in [4.69, 9.17) is 19.9 Å². The average Bonchev–Trinajstić information content (AvgIpc) is 3.35. The van der Waals surface area contributed by atoms with Crippen LogP contribution < -0.4 is 0 Å². The molecule has 296 valence electrons. The molecular weight excluding hydrogens is 892 g/mol. The lowest BCUT2D eigenvalue weighted by molar-refractivity contribution is 1.17. The Labute approximate surface area is 377 Å². The molecule has 4 heterocycles. The molecule has 0 spiro atoms. The molecule has 0 aliphatic rings. The van der Waals surface area contributed by atoms with Crippen molar-refractivity contribution in [1.82, 2.24) is 29.9 Å². The molecule has 0 saturated carbocycles. The van der Waals surface area contributed by atoms with Gasteiger partial charge >= 0.3 is 0 Å². The van der Waals surface area contributed by atoms with E-state index in [1.807, 2.05) is 72.8 Å². The van der Waals surface area contributed by atoms with Crippen molar-refractivity contribution in [2.75, 3.05) is 0 Å². The van der Waals surface area contributed by atoms with Crippen LogP contribution in [0.5, 0.6) is 0 Å². The van der Waals surface area contributed by atoms with E-state index in [1.54, 1.807) is 24.8 Å². The van der Waals surface area contributed by atoms with Gasteiger partial charge in [0.1, 0.15) is 0 Å². The van der Waals surface area contributed by atoms with Crippen LogP contribution in [0.15, 0.2) is 228 Å². The summed E-state index contributed by atoms with van der Waals surface area (Å²) in [6.45, 7) is 0. The number of hydrogen-bond acceptors (Lipinski definition) is 6. The molecule has 0 radical (unpaired) electrons. The third-order valence-electron chi connectivity index (χ3n) is 10.1. The Kier molecular flexibility index (Phi) is 12.3. The minimum Gasteiger partial charge on any atom is -0.264 e. The molecule has 0 unspecified atom stereocenters. The standard InChI is InChI=1S/2C27H18BrN3/c2*28-24-10-4-8-22(16-24)26-17-25(30-27(31-26)23-9-5-15-29-18-23)21-13-11-20(12-14-21)19-6-2-1-3-7-19/h2*1-18H. The highest BCUT2D eigenvalue weighted by Crippen LogP contribution is 2.32. The third kappa shape index (κ3) is 9.68. The SMILES string of the molecule is Brc1cccc(-c2cc(-c3ccc(-c4ccccc4)cc3)nc(-c3cccnc3)n2)c1.Brc1cccc(-c2cc(-c3ccc(-c4ccccc4)cc3)nc(-c3cccnc3)n2)c1. The van der Waals surface area contributed by atoms with Gasteiger partial charge in [-0.15, -0.1) is 0 Å². The van der Waals surface area contributed by atoms with Gasteiger partial charge in [-0.3, -0.25) is 9.97 Å². The summed E-state index contributed by atoms with van der Waals surface area (Å²) in [7, 11) is 0. The monoisotopic (exact) mass is 926 g/mol. The highest BCUT2D eigenvalue weighted by atomic mass is 79.9. The van der Waals surface area contributed by atoms with Crippen LogP contribution in [0.4, 0.5) is 0 Å². The molecule has 0 aliphatic carbocycles. The first-order chi connectivity index (χ1) is 30.5. The minimum atomic E-state index is 0.660. The van der Waals surface area contributed by atoms with Gasteiger partial charge in [0, 0.05) is 67.1 Å². The fourth-order valence-electron chi connectivity index (χ4n) is 6.96. The van der Waals surface area contributed by atoms with E-state index in [1.165, 1.54) is 22.3 Å². The molecule has 6 aromatic carbocycles. The van der Waals surface area contributed by atoms with Crippen LogP contribution in [0.2, 0.25) is 0 Å². The Balaban J connectivity index is 0.000000158. The van der Waals surface area contributed by atoms with Crippen molar-refractivity contribution >= 4 is 31.9 Å². The van der Waals surface area contributed by atoms with Gasteiger partial charge in [-0.2, -0.15) is 0 Å². The van der Waals surface area contributed by atoms with Gasteiger partial charge in [-0.1, -0.05) is 165 Å². The number of nitrogens with zero attached hydrogens (tertiary/aromatic N) is 6. The second kappa shape index (κ2) is 19.0. The van der Waals surface area contributed by atoms with Crippen LogP contribution in [0.25, 0.3) is 90.1 Å². The van der Waals surface area contributed by atoms with E-state index in [0.29, 0.717) is 11.6 Å². The van der Waals surface area contributed by atoms with Crippen LogP contribution in [-0.2, 0) is 0 Å². The van der Waals surface area contributed by atoms with E-state index in [0.717, 1.165) is 65.1 Å². The number of rotatable bonds is 8. The van der Waals surface area contributed by atoms with Crippen molar-refractivity contribution < 1.29 is 0 Å². The zero-order valence-electron chi connectivity index (χ0n) is 33.2. The lowest BCUT2D eigenvalue weighted by Crippen LogP contribution is -1.96. The maximum Gasteiger partial charge on any atom is 0.161 e. The molecule has 62 heavy (non-hydrogen) atoms. The van der Waals surface area contributed by atoms with Crippen LogP contribution >= 0.6 is 31.9 Å². The zero-order valence-corrected chi connectivity index (χ0v) is 36.4. The van der Waals surface area contributed by atoms with Crippen molar-refractivity contribution in [3.8, 4) is 90.1 Å². The topological polar surface area (TPSA) is 77.3 Å². The first kappa shape index (κ1) is 40.2. The summed E-state index contributed by atoms with van der Waals surface area (Å²) in [5.41, 5.74) is 14.2. The Hall–Kier alpha value is -7.26. The molecule has 8 heteroatoms. The summed E-state index contributed by atoms with van der Waals surface area (Å²) in [5, 5.41) is 0. The van der Waals surface area contributed by atoms with Crippen molar-refractivity contribution in [3.05, 3.63) is 228 Å². The van der Waals surface area contributed by atoms with Gasteiger partial charge < -0.3 is 0 Å². The largest absolute Gasteiger partial charge is 0.264 e. The summed E-state index contributed by atoms with van der Waals surface area (Å²) >= 11 is 7.13. The summed E-state index contributed by atoms with van der Waals surface area (Å²) in [5.74, 6) is 1.32. The highest BCUT2D eigenvalue weighted by Gasteiger charge is 2.13. The molecule has 0 atom stereocenters. The van der Waals surface area contributed by atoms with E-state index >= 15 is 0 Å². The number of pyridine rings is 2. The van der Waals surface area contributed by atoms with Gasteiger partial charge in [0.15, 0.2) is 11.6 Å². The number of benzene rings is 6. The quantitative estimate of drug-likeness (QED) is 0.151. The van der Waals surface area contributed by atoms with Crippen LogP contribution in [0, 0.1) is 0 Å². The lowest BCUT2D eigenvalue weighted by Gasteiger charge is -2.10. The molecule has 4 aromatic heterocycles. The van der Waals surface area contributed by atoms with Crippen molar-refractivity contribution in [1.29, 1.82) is 0 Å². The van der Waals surface area contributed by atoms with Crippen molar-refractivity contribution in [2.45, 2.75) is 0 Å². The molecule has 0 bridgehead atoms. The second-order valence-corrected chi connectivity index (χ2v) is 16.1. The van der Waals surface area contributed by atoms with Crippen LogP contribution in [0.1, 0.15) is 0 Å². The first-order valence-electron chi connectivity index (χ1n) is 19.9. The minimum absolute atomic E-state index is 0.660. The predicted molar refractivity (Wildman–Crippen MR) is 259 cm³/mol. The number of hydrogen-bond donors (Lipinski definition) is 0. The Bertz CT molecular complexity index is 2850. The van der Waals surface area contributed by atoms with Crippen LogP contribution in [0.3, 0.4) is 0 Å². The molecule has 6 nitrogen and oxygen atoms in total. The normalized spacial score (nSPS) is 10.7. The zero-order chi connectivity index (χ0) is 42.1. The maximum absolute atomic E-state index is 4.86. The Morgan fingerprint density at radius 1 is 0.258 bits per heavy atom. The summed E-state index contributed by atoms with van der Waals surface area (Å²) < 4.78 is 2.03. The molecule has 0 fully saturated rings. The fraction of sp³-hybridized carbons (Fsp3) is 0. The average molecular weight is 929 g/mol. The highest BCUT2D eigenvalue weighted by molar-refractivity contribution is 9.10. The number of aromatic nitrogens is 6. The van der Waals surface area contributed by atoms with Crippen molar-refractivity contribution in [2.24, 2.45) is 0 Å². The van der Waals surface area contributed by atoms with Crippen molar-refractivity contribution in [3.63, 3.8) is 0 Å². The van der Waals surface area contributed by atoms with Gasteiger partial charge in [0.2, 0.25) is 0 Å². The first-order valence-corrected chi connectivity index (χ1v) is 21.5. The number of halogens is 2. The van der Waals surface area contributed by atoms with Gasteiger partial charge in [-0.25, -0.2) is 19.9 Å². The smallest absolute Gasteiger partial charge is 0.161 e. The molecule has 0 amide bonds. The van der Waals surface area contributed by atoms with Crippen LogP contribution in [-0.4, -0.2) is 29.9 Å². The van der Waals surface area contributed by atoms with Gasteiger partial charge in [0.05, 0.1) is 22.8 Å². The van der Waals surface area contributed by atoms with E-state index < -0.39 is 0 Å². The van der Waals surface area contributed by atoms with Gasteiger partial charge in [-0.05, 0) is 82.9 Å². The molecule has 10 aromatic rings. The Morgan fingerprint density at radius 3 is 0.935 bits per heavy atom.